The summed E-state index contributed by atoms with van der Waals surface area (Å²) in [4.78, 5) is 0. The Morgan fingerprint density at radius 3 is 2.45 bits per heavy atom. The molecule has 1 aromatic rings. The summed E-state index contributed by atoms with van der Waals surface area (Å²) in [6.07, 6.45) is 2.22. The molecule has 0 amide bonds. The quantitative estimate of drug-likeness (QED) is 0.674. The molecule has 2 nitrogen and oxygen atoms in total. The fourth-order valence-electron chi connectivity index (χ4n) is 0.984. The molecule has 1 aromatic heterocycles. The molecule has 0 aliphatic rings. The van der Waals surface area contributed by atoms with Crippen molar-refractivity contribution in [2.24, 2.45) is 5.41 Å². The summed E-state index contributed by atoms with van der Waals surface area (Å²) in [5, 5.41) is 8.96. The maximum Gasteiger partial charge on any atom is 0.153 e. The molecule has 62 valence electrons. The molecular formula is C9H14O2. The monoisotopic (exact) mass is 154 g/mol. The lowest BCUT2D eigenvalue weighted by Gasteiger charge is -2.15. The highest BCUT2D eigenvalue weighted by Gasteiger charge is 2.13. The van der Waals surface area contributed by atoms with Crippen molar-refractivity contribution in [1.29, 1.82) is 0 Å². The Morgan fingerprint density at radius 2 is 2.09 bits per heavy atom. The first-order valence-electron chi connectivity index (χ1n) is 3.74. The number of rotatable bonds is 1. The minimum absolute atomic E-state index is 0.212. The van der Waals surface area contributed by atoms with Crippen molar-refractivity contribution < 1.29 is 9.52 Å². The predicted octanol–water partition coefficient (Wildman–Crippen LogP) is 2.57. The number of aromatic hydroxyl groups is 1. The molecule has 0 aromatic carbocycles. The summed E-state index contributed by atoms with van der Waals surface area (Å²) in [5.41, 5.74) is 0.213. The van der Waals surface area contributed by atoms with E-state index in [4.69, 9.17) is 9.52 Å². The first-order chi connectivity index (χ1) is 4.97. The van der Waals surface area contributed by atoms with Crippen LogP contribution in [0.4, 0.5) is 0 Å². The zero-order valence-electron chi connectivity index (χ0n) is 7.22. The molecule has 0 radical (unpaired) electrons. The first-order valence-corrected chi connectivity index (χ1v) is 3.74. The maximum absolute atomic E-state index is 8.96. The summed E-state index contributed by atoms with van der Waals surface area (Å²) in [7, 11) is 0. The molecule has 0 fully saturated rings. The fraction of sp³-hybridized carbons (Fsp3) is 0.556. The molecule has 0 saturated heterocycles. The van der Waals surface area contributed by atoms with Crippen molar-refractivity contribution in [1.82, 2.24) is 0 Å². The summed E-state index contributed by atoms with van der Waals surface area (Å²) < 4.78 is 5.09. The van der Waals surface area contributed by atoms with E-state index in [2.05, 4.69) is 20.8 Å². The van der Waals surface area contributed by atoms with Gasteiger partial charge in [0.05, 0.1) is 0 Å². The van der Waals surface area contributed by atoms with Gasteiger partial charge in [-0.15, -0.1) is 0 Å². The molecular weight excluding hydrogens is 140 g/mol. The van der Waals surface area contributed by atoms with Crippen LogP contribution in [0.1, 0.15) is 26.5 Å². The van der Waals surface area contributed by atoms with Crippen LogP contribution in [-0.4, -0.2) is 5.11 Å². The summed E-state index contributed by atoms with van der Waals surface area (Å²) >= 11 is 0. The summed E-state index contributed by atoms with van der Waals surface area (Å²) in [6.45, 7) is 6.39. The summed E-state index contributed by atoms with van der Waals surface area (Å²) in [6, 6.07) is 1.66. The van der Waals surface area contributed by atoms with Gasteiger partial charge in [0, 0.05) is 12.5 Å². The Hall–Kier alpha value is -0.920. The van der Waals surface area contributed by atoms with Gasteiger partial charge in [-0.3, -0.25) is 0 Å². The fourth-order valence-corrected chi connectivity index (χ4v) is 0.984. The van der Waals surface area contributed by atoms with Crippen LogP contribution in [0.15, 0.2) is 16.7 Å². The van der Waals surface area contributed by atoms with Crippen LogP contribution in [0, 0.1) is 5.41 Å². The Balaban J connectivity index is 2.65. The SMILES string of the molecule is CC(C)(C)Cc1cc(O)co1. The van der Waals surface area contributed by atoms with Crippen molar-refractivity contribution in [3.05, 3.63) is 18.1 Å². The van der Waals surface area contributed by atoms with Crippen molar-refractivity contribution in [2.45, 2.75) is 27.2 Å². The van der Waals surface area contributed by atoms with E-state index in [0.29, 0.717) is 0 Å². The van der Waals surface area contributed by atoms with Gasteiger partial charge in [0.1, 0.15) is 12.0 Å². The Bertz CT molecular complexity index is 230. The number of hydrogen-bond acceptors (Lipinski definition) is 2. The first kappa shape index (κ1) is 8.18. The normalized spacial score (nSPS) is 11.9. The molecule has 11 heavy (non-hydrogen) atoms. The van der Waals surface area contributed by atoms with Gasteiger partial charge in [0.2, 0.25) is 0 Å². The van der Waals surface area contributed by atoms with Gasteiger partial charge in [-0.25, -0.2) is 0 Å². The van der Waals surface area contributed by atoms with E-state index in [1.807, 2.05) is 0 Å². The minimum atomic E-state index is 0.212. The molecule has 0 aliphatic heterocycles. The maximum atomic E-state index is 8.96. The molecule has 0 unspecified atom stereocenters. The van der Waals surface area contributed by atoms with E-state index in [0.717, 1.165) is 12.2 Å². The van der Waals surface area contributed by atoms with Crippen LogP contribution in [0.2, 0.25) is 0 Å². The second-order valence-electron chi connectivity index (χ2n) is 4.01. The van der Waals surface area contributed by atoms with E-state index in [-0.39, 0.29) is 11.2 Å². The average Bonchev–Trinajstić information content (AvgIpc) is 2.10. The third-order valence-electron chi connectivity index (χ3n) is 1.34. The Labute approximate surface area is 66.8 Å². The molecule has 0 aliphatic carbocycles. The lowest BCUT2D eigenvalue weighted by atomic mass is 9.91. The lowest BCUT2D eigenvalue weighted by Crippen LogP contribution is -2.07. The highest BCUT2D eigenvalue weighted by Crippen LogP contribution is 2.23. The van der Waals surface area contributed by atoms with Crippen molar-refractivity contribution >= 4 is 0 Å². The highest BCUT2D eigenvalue weighted by atomic mass is 16.4. The van der Waals surface area contributed by atoms with E-state index in [1.165, 1.54) is 6.26 Å². The topological polar surface area (TPSA) is 33.4 Å². The van der Waals surface area contributed by atoms with E-state index < -0.39 is 0 Å². The zero-order chi connectivity index (χ0) is 8.48. The molecule has 0 saturated carbocycles. The smallest absolute Gasteiger partial charge is 0.153 e. The second kappa shape index (κ2) is 2.61. The van der Waals surface area contributed by atoms with E-state index >= 15 is 0 Å². The minimum Gasteiger partial charge on any atom is -0.505 e. The summed E-state index contributed by atoms with van der Waals surface area (Å²) in [5.74, 6) is 1.05. The zero-order valence-corrected chi connectivity index (χ0v) is 7.22. The standard InChI is InChI=1S/C9H14O2/c1-9(2,3)5-8-4-7(10)6-11-8/h4,6,10H,5H2,1-3H3. The molecule has 1 N–H and O–H groups in total. The van der Waals surface area contributed by atoms with E-state index in [9.17, 15) is 0 Å². The third kappa shape index (κ3) is 2.66. The van der Waals surface area contributed by atoms with Gasteiger partial charge in [0.15, 0.2) is 5.75 Å². The van der Waals surface area contributed by atoms with Gasteiger partial charge < -0.3 is 9.52 Å². The molecule has 1 heterocycles. The van der Waals surface area contributed by atoms with Crippen molar-refractivity contribution in [2.75, 3.05) is 0 Å². The molecule has 0 bridgehead atoms. The predicted molar refractivity (Wildman–Crippen MR) is 43.5 cm³/mol. The van der Waals surface area contributed by atoms with Crippen LogP contribution in [0.3, 0.4) is 0 Å². The molecule has 0 spiro atoms. The Morgan fingerprint density at radius 1 is 1.45 bits per heavy atom. The van der Waals surface area contributed by atoms with Crippen LogP contribution < -0.4 is 0 Å². The van der Waals surface area contributed by atoms with Crippen molar-refractivity contribution in [3.63, 3.8) is 0 Å². The Kier molecular flexibility index (Phi) is 1.94. The average molecular weight is 154 g/mol. The second-order valence-corrected chi connectivity index (χ2v) is 4.01. The van der Waals surface area contributed by atoms with Gasteiger partial charge in [-0.2, -0.15) is 0 Å². The van der Waals surface area contributed by atoms with Crippen LogP contribution in [0.25, 0.3) is 0 Å². The van der Waals surface area contributed by atoms with Gasteiger partial charge in [0.25, 0.3) is 0 Å². The van der Waals surface area contributed by atoms with Crippen LogP contribution >= 0.6 is 0 Å². The van der Waals surface area contributed by atoms with E-state index in [1.54, 1.807) is 6.07 Å². The van der Waals surface area contributed by atoms with Crippen LogP contribution in [0.5, 0.6) is 5.75 Å². The molecule has 1 rings (SSSR count). The number of hydrogen-bond donors (Lipinski definition) is 1. The van der Waals surface area contributed by atoms with Crippen LogP contribution in [-0.2, 0) is 6.42 Å². The third-order valence-corrected chi connectivity index (χ3v) is 1.34. The number of furan rings is 1. The van der Waals surface area contributed by atoms with Crippen molar-refractivity contribution in [3.8, 4) is 5.75 Å². The van der Waals surface area contributed by atoms with Gasteiger partial charge in [-0.05, 0) is 5.41 Å². The molecule has 2 heteroatoms. The largest absolute Gasteiger partial charge is 0.505 e. The lowest BCUT2D eigenvalue weighted by molar-refractivity contribution is 0.362. The molecule has 0 atom stereocenters. The highest BCUT2D eigenvalue weighted by molar-refractivity contribution is 5.17. The van der Waals surface area contributed by atoms with Gasteiger partial charge in [-0.1, -0.05) is 20.8 Å². The van der Waals surface area contributed by atoms with Gasteiger partial charge >= 0.3 is 0 Å².